The van der Waals surface area contributed by atoms with Gasteiger partial charge in [-0.25, -0.2) is 4.79 Å². The molecule has 0 saturated heterocycles. The third kappa shape index (κ3) is 13.3. The number of esters is 1. The van der Waals surface area contributed by atoms with E-state index >= 15 is 0 Å². The minimum absolute atomic E-state index is 0.277. The molecule has 0 spiro atoms. The summed E-state index contributed by atoms with van der Waals surface area (Å²) in [5, 5.41) is 2.85. The van der Waals surface area contributed by atoms with Crippen LogP contribution >= 0.6 is 0 Å². The molecule has 0 aromatic carbocycles. The number of nitrogens with one attached hydrogen (secondary N) is 1. The molecule has 1 N–H and O–H groups in total. The third-order valence-electron chi connectivity index (χ3n) is 8.70. The maximum Gasteiger partial charge on any atom is 0.410 e. The predicted octanol–water partition coefficient (Wildman–Crippen LogP) is 9.08. The topological polar surface area (TPSA) is 64.6 Å². The van der Waals surface area contributed by atoms with E-state index in [9.17, 15) is 9.59 Å². The summed E-state index contributed by atoms with van der Waals surface area (Å²) in [6.45, 7) is 7.42. The third-order valence-corrected chi connectivity index (χ3v) is 8.70. The van der Waals surface area contributed by atoms with Gasteiger partial charge in [0.05, 0.1) is 0 Å². The van der Waals surface area contributed by atoms with Crippen molar-refractivity contribution in [2.24, 2.45) is 16.7 Å². The molecule has 2 aliphatic rings. The molecule has 2 bridgehead atoms. The smallest absolute Gasteiger partial charge is 0.410 e. The fraction of sp³-hybridized carbons (Fsp3) is 0.935. The van der Waals surface area contributed by atoms with E-state index in [1.54, 1.807) is 0 Å². The van der Waals surface area contributed by atoms with Gasteiger partial charge in [0.25, 0.3) is 0 Å². The van der Waals surface area contributed by atoms with Crippen LogP contribution in [0.5, 0.6) is 0 Å². The molecule has 0 aromatic rings. The monoisotopic (exact) mass is 507 g/mol. The van der Waals surface area contributed by atoms with Gasteiger partial charge in [-0.05, 0) is 55.3 Å². The van der Waals surface area contributed by atoms with Crippen molar-refractivity contribution in [3.05, 3.63) is 0 Å². The van der Waals surface area contributed by atoms with Crippen molar-refractivity contribution in [3.8, 4) is 0 Å². The average molecular weight is 508 g/mol. The first-order valence-corrected chi connectivity index (χ1v) is 15.4. The zero-order valence-electron chi connectivity index (χ0n) is 24.0. The summed E-state index contributed by atoms with van der Waals surface area (Å²) in [6, 6.07) is 0. The van der Waals surface area contributed by atoms with E-state index in [0.29, 0.717) is 23.8 Å². The minimum Gasteiger partial charge on any atom is -0.428 e. The van der Waals surface area contributed by atoms with Crippen molar-refractivity contribution in [2.75, 3.05) is 13.3 Å². The van der Waals surface area contributed by atoms with Crippen LogP contribution in [0.2, 0.25) is 0 Å². The van der Waals surface area contributed by atoms with Crippen LogP contribution in [0.4, 0.5) is 4.79 Å². The number of hydrogen-bond acceptors (Lipinski definition) is 4. The number of ether oxygens (including phenoxy) is 2. The number of fused-ring (bicyclic) bond motifs is 2. The van der Waals surface area contributed by atoms with Crippen molar-refractivity contribution < 1.29 is 19.1 Å². The van der Waals surface area contributed by atoms with E-state index in [-0.39, 0.29) is 12.8 Å². The Labute approximate surface area is 222 Å². The minimum atomic E-state index is -0.491. The van der Waals surface area contributed by atoms with E-state index in [2.05, 4.69) is 26.1 Å². The molecule has 3 unspecified atom stereocenters. The van der Waals surface area contributed by atoms with Crippen molar-refractivity contribution in [1.29, 1.82) is 0 Å². The summed E-state index contributed by atoms with van der Waals surface area (Å²) in [6.07, 6.45) is 25.5. The Hall–Kier alpha value is -1.26. The standard InChI is InChI=1S/C31H57NO4/c1-4-5-6-7-8-9-10-11-12-13-14-15-16-19-28(33)35-26-36-29(34)32-22-21-31(3)24-27-18-17-20-30(2,23-27)25-31/h27H,4-26H2,1-3H3,(H,32,34). The Morgan fingerprint density at radius 1 is 0.833 bits per heavy atom. The molecule has 5 nitrogen and oxygen atoms in total. The Bertz CT molecular complexity index is 624. The van der Waals surface area contributed by atoms with Crippen LogP contribution in [0, 0.1) is 16.7 Å². The predicted molar refractivity (Wildman–Crippen MR) is 148 cm³/mol. The highest BCUT2D eigenvalue weighted by Crippen LogP contribution is 2.56. The number of carbonyl (C=O) groups is 2. The van der Waals surface area contributed by atoms with Crippen LogP contribution in [-0.2, 0) is 14.3 Å². The second kappa shape index (κ2) is 17.3. The molecule has 2 aliphatic carbocycles. The summed E-state index contributed by atoms with van der Waals surface area (Å²) < 4.78 is 10.1. The first kappa shape index (κ1) is 31.0. The lowest BCUT2D eigenvalue weighted by Crippen LogP contribution is -2.41. The van der Waals surface area contributed by atoms with Gasteiger partial charge in [0.1, 0.15) is 0 Å². The van der Waals surface area contributed by atoms with Gasteiger partial charge in [-0.15, -0.1) is 0 Å². The summed E-state index contributed by atoms with van der Waals surface area (Å²) in [7, 11) is 0. The second-order valence-corrected chi connectivity index (χ2v) is 12.7. The second-order valence-electron chi connectivity index (χ2n) is 12.7. The highest BCUT2D eigenvalue weighted by molar-refractivity contribution is 5.70. The summed E-state index contributed by atoms with van der Waals surface area (Å²) in [5.74, 6) is 0.573. The van der Waals surface area contributed by atoms with E-state index in [0.717, 1.165) is 25.2 Å². The normalized spacial score (nSPS) is 25.4. The fourth-order valence-corrected chi connectivity index (χ4v) is 7.07. The van der Waals surface area contributed by atoms with E-state index in [1.807, 2.05) is 0 Å². The van der Waals surface area contributed by atoms with Crippen LogP contribution in [0.1, 0.15) is 156 Å². The van der Waals surface area contributed by atoms with Crippen molar-refractivity contribution in [2.45, 2.75) is 156 Å². The highest BCUT2D eigenvalue weighted by Gasteiger charge is 2.44. The lowest BCUT2D eigenvalue weighted by Gasteiger charge is -2.51. The molecule has 0 aromatic heterocycles. The fourth-order valence-electron chi connectivity index (χ4n) is 7.07. The number of alkyl carbamates (subject to hydrolysis) is 1. The van der Waals surface area contributed by atoms with E-state index in [1.165, 1.54) is 109 Å². The number of amides is 1. The summed E-state index contributed by atoms with van der Waals surface area (Å²) in [4.78, 5) is 23.9. The molecule has 2 rings (SSSR count). The van der Waals surface area contributed by atoms with Crippen LogP contribution in [0.3, 0.4) is 0 Å². The van der Waals surface area contributed by atoms with Gasteiger partial charge in [0, 0.05) is 13.0 Å². The Kier molecular flexibility index (Phi) is 14.9. The Balaban J connectivity index is 1.38. The van der Waals surface area contributed by atoms with Crippen LogP contribution in [0.15, 0.2) is 0 Å². The van der Waals surface area contributed by atoms with Gasteiger partial charge in [-0.2, -0.15) is 0 Å². The molecule has 210 valence electrons. The number of hydrogen-bond donors (Lipinski definition) is 1. The summed E-state index contributed by atoms with van der Waals surface area (Å²) >= 11 is 0. The molecule has 3 atom stereocenters. The zero-order chi connectivity index (χ0) is 26.1. The quantitative estimate of drug-likeness (QED) is 0.108. The van der Waals surface area contributed by atoms with E-state index in [4.69, 9.17) is 9.47 Å². The molecular weight excluding hydrogens is 450 g/mol. The lowest BCUT2D eigenvalue weighted by molar-refractivity contribution is -0.151. The van der Waals surface area contributed by atoms with Crippen molar-refractivity contribution in [3.63, 3.8) is 0 Å². The molecule has 0 heterocycles. The molecule has 0 aliphatic heterocycles. The molecule has 36 heavy (non-hydrogen) atoms. The lowest BCUT2D eigenvalue weighted by atomic mass is 9.54. The first-order chi connectivity index (χ1) is 17.3. The molecule has 5 heteroatoms. The maximum absolute atomic E-state index is 12.0. The molecular formula is C31H57NO4. The van der Waals surface area contributed by atoms with Crippen molar-refractivity contribution >= 4 is 12.1 Å². The van der Waals surface area contributed by atoms with Crippen LogP contribution in [-0.4, -0.2) is 25.4 Å². The number of rotatable bonds is 19. The van der Waals surface area contributed by atoms with Gasteiger partial charge < -0.3 is 14.8 Å². The highest BCUT2D eigenvalue weighted by atomic mass is 16.7. The Morgan fingerprint density at radius 2 is 1.44 bits per heavy atom. The van der Waals surface area contributed by atoms with Gasteiger partial charge in [-0.1, -0.05) is 111 Å². The molecule has 2 fully saturated rings. The molecule has 1 amide bonds. The van der Waals surface area contributed by atoms with Crippen LogP contribution < -0.4 is 5.32 Å². The van der Waals surface area contributed by atoms with Gasteiger partial charge in [0.2, 0.25) is 6.79 Å². The van der Waals surface area contributed by atoms with Crippen LogP contribution in [0.25, 0.3) is 0 Å². The Morgan fingerprint density at radius 3 is 2.06 bits per heavy atom. The molecule has 0 radical (unpaired) electrons. The van der Waals surface area contributed by atoms with Gasteiger partial charge >= 0.3 is 12.1 Å². The SMILES string of the molecule is CCCCCCCCCCCCCCCC(=O)OCOC(=O)NCCC1(C)CC2CCCC(C)(C2)C1. The number of unbranched alkanes of at least 4 members (excludes halogenated alkanes) is 12. The average Bonchev–Trinajstić information content (AvgIpc) is 2.81. The van der Waals surface area contributed by atoms with E-state index < -0.39 is 6.09 Å². The first-order valence-electron chi connectivity index (χ1n) is 15.4. The van der Waals surface area contributed by atoms with Crippen molar-refractivity contribution in [1.82, 2.24) is 5.32 Å². The zero-order valence-corrected chi connectivity index (χ0v) is 24.0. The van der Waals surface area contributed by atoms with Gasteiger partial charge in [0.15, 0.2) is 0 Å². The number of carbonyl (C=O) groups excluding carboxylic acids is 2. The summed E-state index contributed by atoms with van der Waals surface area (Å²) in [5.41, 5.74) is 0.781. The van der Waals surface area contributed by atoms with Gasteiger partial charge in [-0.3, -0.25) is 4.79 Å². The largest absolute Gasteiger partial charge is 0.428 e. The maximum atomic E-state index is 12.0. The molecule has 2 saturated carbocycles.